The van der Waals surface area contributed by atoms with E-state index >= 15 is 0 Å². The lowest BCUT2D eigenvalue weighted by atomic mass is 9.93. The molecular formula is C19H16BrFN4O4S. The molecule has 1 aromatic heterocycles. The van der Waals surface area contributed by atoms with Crippen LogP contribution in [0.15, 0.2) is 46.0 Å². The molecule has 0 spiro atoms. The number of ether oxygens (including phenoxy) is 1. The van der Waals surface area contributed by atoms with Crippen LogP contribution in [0.5, 0.6) is 0 Å². The Morgan fingerprint density at radius 3 is 2.87 bits per heavy atom. The molecule has 0 saturated carbocycles. The Hall–Kier alpha value is -2.50. The topological polar surface area (TPSA) is 113 Å². The maximum atomic E-state index is 14.9. The summed E-state index contributed by atoms with van der Waals surface area (Å²) in [4.78, 5) is 30.7. The highest BCUT2D eigenvalue weighted by Crippen LogP contribution is 2.53. The van der Waals surface area contributed by atoms with Gasteiger partial charge >= 0.3 is 6.09 Å². The molecule has 2 aliphatic heterocycles. The minimum absolute atomic E-state index is 0.129. The zero-order valence-corrected chi connectivity index (χ0v) is 17.8. The number of rotatable bonds is 3. The van der Waals surface area contributed by atoms with Gasteiger partial charge in [-0.05, 0) is 64.4 Å². The summed E-state index contributed by atoms with van der Waals surface area (Å²) in [7, 11) is 0. The van der Waals surface area contributed by atoms with Crippen LogP contribution in [0.4, 0.5) is 14.9 Å². The minimum Gasteiger partial charge on any atom is -0.465 e. The highest BCUT2D eigenvalue weighted by Gasteiger charge is 2.51. The maximum absolute atomic E-state index is 14.9. The largest absolute Gasteiger partial charge is 0.465 e. The first-order chi connectivity index (χ1) is 14.4. The third kappa shape index (κ3) is 4.05. The van der Waals surface area contributed by atoms with Crippen molar-refractivity contribution < 1.29 is 23.8 Å². The molecule has 0 aliphatic carbocycles. The van der Waals surface area contributed by atoms with Crippen LogP contribution in [0.3, 0.4) is 0 Å². The predicted molar refractivity (Wildman–Crippen MR) is 113 cm³/mol. The molecule has 8 nitrogen and oxygen atoms in total. The standard InChI is InChI=1S/C19H16BrFN4O4S/c20-11-1-4-15(22-9-11)16(26)24-12-2-3-14(21)13(7-12)19-10(5-6-29-19)8-23-17(30-19)25-18(27)28/h1-4,7,9-10H,5-6,8H2,(H,23,25)(H,24,26)(H,27,28)/t10-,19-/m1/s1. The molecule has 2 atom stereocenters. The Bertz CT molecular complexity index is 1040. The molecule has 4 rings (SSSR count). The average molecular weight is 495 g/mol. The molecule has 2 aromatic rings. The van der Waals surface area contributed by atoms with Crippen LogP contribution in [0.25, 0.3) is 0 Å². The second-order valence-corrected chi connectivity index (χ2v) is 8.80. The van der Waals surface area contributed by atoms with Gasteiger partial charge in [-0.1, -0.05) is 0 Å². The van der Waals surface area contributed by atoms with Crippen LogP contribution in [-0.2, 0) is 9.67 Å². The molecule has 3 N–H and O–H groups in total. The number of amidine groups is 1. The minimum atomic E-state index is -1.25. The van der Waals surface area contributed by atoms with E-state index in [1.165, 1.54) is 24.4 Å². The number of aliphatic imine (C=N–C) groups is 1. The van der Waals surface area contributed by atoms with Crippen LogP contribution in [0, 0.1) is 11.7 Å². The Morgan fingerprint density at radius 2 is 2.13 bits per heavy atom. The van der Waals surface area contributed by atoms with Crippen molar-refractivity contribution in [1.82, 2.24) is 10.3 Å². The van der Waals surface area contributed by atoms with E-state index in [2.05, 4.69) is 36.5 Å². The summed E-state index contributed by atoms with van der Waals surface area (Å²) in [5, 5.41) is 14.1. The Labute approximate surface area is 183 Å². The number of nitrogens with one attached hydrogen (secondary N) is 2. The number of hydrogen-bond donors (Lipinski definition) is 3. The fraction of sp³-hybridized carbons (Fsp3) is 0.263. The zero-order chi connectivity index (χ0) is 21.3. The van der Waals surface area contributed by atoms with Gasteiger partial charge in [0, 0.05) is 41.0 Å². The van der Waals surface area contributed by atoms with Crippen LogP contribution >= 0.6 is 27.7 Å². The van der Waals surface area contributed by atoms with E-state index in [0.717, 1.165) is 16.2 Å². The summed E-state index contributed by atoms with van der Waals surface area (Å²) in [6, 6.07) is 7.48. The van der Waals surface area contributed by atoms with Gasteiger partial charge in [-0.15, -0.1) is 0 Å². The first-order valence-corrected chi connectivity index (χ1v) is 10.6. The van der Waals surface area contributed by atoms with Gasteiger partial charge in [0.2, 0.25) is 0 Å². The number of aromatic nitrogens is 1. The van der Waals surface area contributed by atoms with Crippen molar-refractivity contribution in [2.45, 2.75) is 11.4 Å². The summed E-state index contributed by atoms with van der Waals surface area (Å²) < 4.78 is 21.6. The number of nitrogens with zero attached hydrogens (tertiary/aromatic N) is 2. The SMILES string of the molecule is O=C(O)NC1=NC[C@H]2CCO[C@@]2(c2cc(NC(=O)c3ccc(Br)cn3)ccc2F)S1. The van der Waals surface area contributed by atoms with Crippen molar-refractivity contribution in [3.63, 3.8) is 0 Å². The van der Waals surface area contributed by atoms with E-state index in [-0.39, 0.29) is 22.3 Å². The van der Waals surface area contributed by atoms with Crippen LogP contribution in [0.1, 0.15) is 22.5 Å². The number of anilines is 1. The number of pyridine rings is 1. The monoisotopic (exact) mass is 494 g/mol. The second-order valence-electron chi connectivity index (χ2n) is 6.69. The number of benzene rings is 1. The van der Waals surface area contributed by atoms with Crippen molar-refractivity contribution in [1.29, 1.82) is 0 Å². The quantitative estimate of drug-likeness (QED) is 0.598. The highest BCUT2D eigenvalue weighted by atomic mass is 79.9. The van der Waals surface area contributed by atoms with E-state index in [0.29, 0.717) is 25.3 Å². The van der Waals surface area contributed by atoms with Crippen molar-refractivity contribution in [3.05, 3.63) is 58.1 Å². The van der Waals surface area contributed by atoms with Gasteiger partial charge in [0.15, 0.2) is 10.1 Å². The normalized spacial score (nSPS) is 22.7. The van der Waals surface area contributed by atoms with E-state index in [1.54, 1.807) is 12.1 Å². The number of carbonyl (C=O) groups excluding carboxylic acids is 1. The highest BCUT2D eigenvalue weighted by molar-refractivity contribution is 9.10. The number of thioether (sulfide) groups is 1. The molecule has 0 radical (unpaired) electrons. The molecule has 1 aromatic carbocycles. The van der Waals surface area contributed by atoms with Crippen molar-refractivity contribution >= 4 is 50.5 Å². The Balaban J connectivity index is 1.64. The van der Waals surface area contributed by atoms with Gasteiger partial charge in [-0.25, -0.2) is 14.2 Å². The average Bonchev–Trinajstić information content (AvgIpc) is 3.13. The summed E-state index contributed by atoms with van der Waals surface area (Å²) in [5.41, 5.74) is 0.820. The van der Waals surface area contributed by atoms with Crippen molar-refractivity contribution in [3.8, 4) is 0 Å². The van der Waals surface area contributed by atoms with Crippen LogP contribution in [0.2, 0.25) is 0 Å². The van der Waals surface area contributed by atoms with E-state index in [1.807, 2.05) is 0 Å². The third-order valence-electron chi connectivity index (χ3n) is 4.80. The van der Waals surface area contributed by atoms with Gasteiger partial charge in [0.25, 0.3) is 5.91 Å². The molecular weight excluding hydrogens is 479 g/mol. The number of hydrogen-bond acceptors (Lipinski definition) is 6. The molecule has 30 heavy (non-hydrogen) atoms. The second kappa shape index (κ2) is 8.32. The molecule has 11 heteroatoms. The molecule has 3 heterocycles. The predicted octanol–water partition coefficient (Wildman–Crippen LogP) is 3.80. The van der Waals surface area contributed by atoms with Crippen LogP contribution in [-0.4, -0.2) is 40.4 Å². The molecule has 0 bridgehead atoms. The lowest BCUT2D eigenvalue weighted by Gasteiger charge is -2.37. The molecule has 2 amide bonds. The molecule has 1 saturated heterocycles. The van der Waals surface area contributed by atoms with Gasteiger partial charge in [-0.3, -0.25) is 15.1 Å². The number of carbonyl (C=O) groups is 2. The van der Waals surface area contributed by atoms with Gasteiger partial charge in [0.1, 0.15) is 11.5 Å². The smallest absolute Gasteiger partial charge is 0.410 e. The van der Waals surface area contributed by atoms with Crippen molar-refractivity contribution in [2.24, 2.45) is 10.9 Å². The fourth-order valence-corrected chi connectivity index (χ4v) is 5.01. The molecule has 156 valence electrons. The zero-order valence-electron chi connectivity index (χ0n) is 15.4. The lowest BCUT2D eigenvalue weighted by Crippen LogP contribution is -2.41. The first-order valence-electron chi connectivity index (χ1n) is 8.98. The van der Waals surface area contributed by atoms with E-state index < -0.39 is 22.8 Å². The first kappa shape index (κ1) is 20.8. The summed E-state index contributed by atoms with van der Waals surface area (Å²) in [5.74, 6) is -1.08. The number of carboxylic acid groups (broad SMARTS) is 1. The molecule has 1 fully saturated rings. The van der Waals surface area contributed by atoms with E-state index in [9.17, 15) is 14.0 Å². The Morgan fingerprint density at radius 1 is 1.30 bits per heavy atom. The summed E-state index contributed by atoms with van der Waals surface area (Å²) in [6.45, 7) is 0.702. The summed E-state index contributed by atoms with van der Waals surface area (Å²) in [6.07, 6.45) is 0.919. The number of amides is 2. The Kier molecular flexibility index (Phi) is 5.76. The third-order valence-corrected chi connectivity index (χ3v) is 6.67. The molecule has 2 aliphatic rings. The fourth-order valence-electron chi connectivity index (χ4n) is 3.44. The number of fused-ring (bicyclic) bond motifs is 1. The van der Waals surface area contributed by atoms with Gasteiger partial charge in [0.05, 0.1) is 0 Å². The summed E-state index contributed by atoms with van der Waals surface area (Å²) >= 11 is 4.30. The lowest BCUT2D eigenvalue weighted by molar-refractivity contribution is 0.0560. The van der Waals surface area contributed by atoms with Crippen molar-refractivity contribution in [2.75, 3.05) is 18.5 Å². The number of halogens is 2. The van der Waals surface area contributed by atoms with Gasteiger partial charge < -0.3 is 15.2 Å². The van der Waals surface area contributed by atoms with E-state index in [4.69, 9.17) is 9.84 Å². The maximum Gasteiger partial charge on any atom is 0.410 e. The van der Waals surface area contributed by atoms with Crippen LogP contribution < -0.4 is 10.6 Å². The van der Waals surface area contributed by atoms with Gasteiger partial charge in [-0.2, -0.15) is 0 Å². The molecule has 0 unspecified atom stereocenters.